The van der Waals surface area contributed by atoms with E-state index in [0.29, 0.717) is 19.1 Å². The lowest BCUT2D eigenvalue weighted by atomic mass is 9.85. The van der Waals surface area contributed by atoms with Crippen LogP contribution in [0, 0.1) is 0 Å². The van der Waals surface area contributed by atoms with E-state index in [1.165, 1.54) is 0 Å². The summed E-state index contributed by atoms with van der Waals surface area (Å²) >= 11 is 0. The number of Topliss-reactive ketones (excluding diaryl/α,β-unsaturated/α-hetero) is 1. The van der Waals surface area contributed by atoms with Gasteiger partial charge in [-0.05, 0) is 25.3 Å². The van der Waals surface area contributed by atoms with E-state index in [1.54, 1.807) is 0 Å². The molecule has 0 aliphatic carbocycles. The Morgan fingerprint density at radius 1 is 1.20 bits per heavy atom. The second-order valence-electron chi connectivity index (χ2n) is 6.23. The van der Waals surface area contributed by atoms with Crippen LogP contribution in [-0.2, 0) is 4.74 Å². The van der Waals surface area contributed by atoms with Gasteiger partial charge in [-0.3, -0.25) is 9.69 Å². The summed E-state index contributed by atoms with van der Waals surface area (Å²) in [5, 5.41) is 0. The Labute approximate surface area is 121 Å². The first-order valence-electron chi connectivity index (χ1n) is 7.41. The van der Waals surface area contributed by atoms with Crippen molar-refractivity contribution in [2.24, 2.45) is 0 Å². The van der Waals surface area contributed by atoms with Crippen LogP contribution in [0.2, 0.25) is 0 Å². The molecule has 1 saturated heterocycles. The first-order valence-corrected chi connectivity index (χ1v) is 7.41. The highest BCUT2D eigenvalue weighted by Crippen LogP contribution is 2.27. The monoisotopic (exact) mass is 275 g/mol. The molecule has 3 nitrogen and oxygen atoms in total. The molecule has 1 aliphatic heterocycles. The van der Waals surface area contributed by atoms with Crippen LogP contribution in [0.25, 0.3) is 0 Å². The second kappa shape index (κ2) is 6.06. The summed E-state index contributed by atoms with van der Waals surface area (Å²) in [6, 6.07) is 7.98. The van der Waals surface area contributed by atoms with Gasteiger partial charge in [-0.2, -0.15) is 0 Å². The lowest BCUT2D eigenvalue weighted by Crippen LogP contribution is -2.54. The fraction of sp³-hybridized carbons (Fsp3) is 0.588. The van der Waals surface area contributed by atoms with Crippen LogP contribution in [0.5, 0.6) is 0 Å². The van der Waals surface area contributed by atoms with Crippen molar-refractivity contribution in [3.63, 3.8) is 0 Å². The summed E-state index contributed by atoms with van der Waals surface area (Å²) in [6.45, 7) is 11.4. The minimum absolute atomic E-state index is 0.212. The molecule has 20 heavy (non-hydrogen) atoms. The van der Waals surface area contributed by atoms with Gasteiger partial charge in [-0.15, -0.1) is 0 Å². The third kappa shape index (κ3) is 2.94. The Morgan fingerprint density at radius 2 is 1.80 bits per heavy atom. The Balaban J connectivity index is 2.30. The molecule has 0 radical (unpaired) electrons. The number of ether oxygens (including phenoxy) is 1. The van der Waals surface area contributed by atoms with E-state index in [1.807, 2.05) is 32.0 Å². The molecule has 1 fully saturated rings. The van der Waals surface area contributed by atoms with Gasteiger partial charge in [0, 0.05) is 18.7 Å². The topological polar surface area (TPSA) is 29.5 Å². The third-order valence-corrected chi connectivity index (χ3v) is 4.18. The van der Waals surface area contributed by atoms with Crippen molar-refractivity contribution in [2.45, 2.75) is 39.2 Å². The van der Waals surface area contributed by atoms with E-state index in [2.05, 4.69) is 24.8 Å². The van der Waals surface area contributed by atoms with Crippen LogP contribution in [0.15, 0.2) is 24.3 Å². The minimum Gasteiger partial charge on any atom is -0.379 e. The molecular formula is C17H25NO2. The van der Waals surface area contributed by atoms with E-state index < -0.39 is 5.54 Å². The number of benzene rings is 1. The normalized spacial score (nSPS) is 17.4. The lowest BCUT2D eigenvalue weighted by molar-refractivity contribution is -0.00434. The molecule has 0 N–H and O–H groups in total. The van der Waals surface area contributed by atoms with Crippen LogP contribution in [0.3, 0.4) is 0 Å². The summed E-state index contributed by atoms with van der Waals surface area (Å²) in [7, 11) is 0. The van der Waals surface area contributed by atoms with E-state index in [-0.39, 0.29) is 5.78 Å². The molecule has 1 heterocycles. The van der Waals surface area contributed by atoms with Crippen molar-refractivity contribution in [1.29, 1.82) is 0 Å². The highest BCUT2D eigenvalue weighted by molar-refractivity contribution is 6.04. The zero-order valence-corrected chi connectivity index (χ0v) is 13.0. The van der Waals surface area contributed by atoms with E-state index in [9.17, 15) is 4.79 Å². The van der Waals surface area contributed by atoms with E-state index in [4.69, 9.17) is 4.74 Å². The molecule has 2 rings (SSSR count). The number of morpholine rings is 1. The molecule has 0 spiro atoms. The maximum absolute atomic E-state index is 13.0. The van der Waals surface area contributed by atoms with E-state index in [0.717, 1.165) is 24.2 Å². The third-order valence-electron chi connectivity index (χ3n) is 4.18. The number of carbonyl (C=O) groups is 1. The Hall–Kier alpha value is -1.19. The predicted molar refractivity (Wildman–Crippen MR) is 81.3 cm³/mol. The van der Waals surface area contributed by atoms with Crippen LogP contribution in [0.4, 0.5) is 0 Å². The van der Waals surface area contributed by atoms with Gasteiger partial charge in [0.05, 0.1) is 18.8 Å². The van der Waals surface area contributed by atoms with Crippen molar-refractivity contribution >= 4 is 5.78 Å². The van der Waals surface area contributed by atoms with E-state index >= 15 is 0 Å². The standard InChI is InChI=1S/C17H25NO2/c1-13(2)14-7-5-6-8-15(14)16(19)17(3,4)18-9-11-20-12-10-18/h5-8,13H,9-12H2,1-4H3. The SMILES string of the molecule is CC(C)c1ccccc1C(=O)C(C)(C)N1CCOCC1. The molecule has 0 bridgehead atoms. The Bertz CT molecular complexity index is 474. The molecule has 110 valence electrons. The molecule has 0 atom stereocenters. The maximum Gasteiger partial charge on any atom is 0.182 e. The molecule has 0 saturated carbocycles. The lowest BCUT2D eigenvalue weighted by Gasteiger charge is -2.40. The van der Waals surface area contributed by atoms with Gasteiger partial charge < -0.3 is 4.74 Å². The summed E-state index contributed by atoms with van der Waals surface area (Å²) in [6.07, 6.45) is 0. The number of ketones is 1. The average molecular weight is 275 g/mol. The molecule has 1 aromatic rings. The fourth-order valence-corrected chi connectivity index (χ4v) is 2.80. The molecule has 0 amide bonds. The van der Waals surface area contributed by atoms with Crippen LogP contribution < -0.4 is 0 Å². The number of nitrogens with zero attached hydrogens (tertiary/aromatic N) is 1. The Morgan fingerprint density at radius 3 is 2.40 bits per heavy atom. The van der Waals surface area contributed by atoms with Crippen molar-refractivity contribution in [3.8, 4) is 0 Å². The van der Waals surface area contributed by atoms with Gasteiger partial charge in [0.1, 0.15) is 0 Å². The van der Waals surface area contributed by atoms with Gasteiger partial charge >= 0.3 is 0 Å². The zero-order valence-electron chi connectivity index (χ0n) is 13.0. The fourth-order valence-electron chi connectivity index (χ4n) is 2.80. The van der Waals surface area contributed by atoms with Crippen LogP contribution in [0.1, 0.15) is 49.5 Å². The number of rotatable bonds is 4. The summed E-state index contributed by atoms with van der Waals surface area (Å²) in [4.78, 5) is 15.2. The maximum atomic E-state index is 13.0. The second-order valence-corrected chi connectivity index (χ2v) is 6.23. The van der Waals surface area contributed by atoms with Crippen molar-refractivity contribution in [2.75, 3.05) is 26.3 Å². The quantitative estimate of drug-likeness (QED) is 0.791. The summed E-state index contributed by atoms with van der Waals surface area (Å²) in [5.41, 5.74) is 1.52. The average Bonchev–Trinajstić information content (AvgIpc) is 2.47. The highest BCUT2D eigenvalue weighted by atomic mass is 16.5. The van der Waals surface area contributed by atoms with Gasteiger partial charge in [0.25, 0.3) is 0 Å². The first kappa shape index (κ1) is 15.2. The summed E-state index contributed by atoms with van der Waals surface area (Å²) < 4.78 is 5.39. The van der Waals surface area contributed by atoms with Crippen molar-refractivity contribution < 1.29 is 9.53 Å². The van der Waals surface area contributed by atoms with Crippen molar-refractivity contribution in [1.82, 2.24) is 4.90 Å². The molecule has 0 aromatic heterocycles. The zero-order chi connectivity index (χ0) is 14.8. The molecule has 3 heteroatoms. The Kier molecular flexibility index (Phi) is 4.61. The summed E-state index contributed by atoms with van der Waals surface area (Å²) in [5.74, 6) is 0.569. The minimum atomic E-state index is -0.477. The van der Waals surface area contributed by atoms with Gasteiger partial charge in [0.15, 0.2) is 5.78 Å². The molecule has 1 aliphatic rings. The van der Waals surface area contributed by atoms with Gasteiger partial charge in [-0.1, -0.05) is 38.1 Å². The van der Waals surface area contributed by atoms with Gasteiger partial charge in [0.2, 0.25) is 0 Å². The van der Waals surface area contributed by atoms with Crippen molar-refractivity contribution in [3.05, 3.63) is 35.4 Å². The number of hydrogen-bond acceptors (Lipinski definition) is 3. The van der Waals surface area contributed by atoms with Crippen LogP contribution >= 0.6 is 0 Å². The molecule has 1 aromatic carbocycles. The number of hydrogen-bond donors (Lipinski definition) is 0. The first-order chi connectivity index (χ1) is 9.44. The predicted octanol–water partition coefficient (Wildman–Crippen LogP) is 3.10. The smallest absolute Gasteiger partial charge is 0.182 e. The molecule has 0 unspecified atom stereocenters. The number of carbonyl (C=O) groups excluding carboxylic acids is 1. The largest absolute Gasteiger partial charge is 0.379 e. The van der Waals surface area contributed by atoms with Gasteiger partial charge in [-0.25, -0.2) is 0 Å². The highest BCUT2D eigenvalue weighted by Gasteiger charge is 2.36. The molecular weight excluding hydrogens is 250 g/mol. The van der Waals surface area contributed by atoms with Crippen LogP contribution in [-0.4, -0.2) is 42.5 Å².